The molecule has 1 unspecified atom stereocenters. The Morgan fingerprint density at radius 1 is 0.923 bits per heavy atom. The van der Waals surface area contributed by atoms with Crippen LogP contribution in [0.25, 0.3) is 5.76 Å². The molecule has 202 valence electrons. The van der Waals surface area contributed by atoms with E-state index in [1.165, 1.54) is 0 Å². The second-order valence-electron chi connectivity index (χ2n) is 9.65. The van der Waals surface area contributed by atoms with Gasteiger partial charge in [-0.15, -0.1) is 0 Å². The number of Topliss-reactive ketones (excluding diaryl/α,β-unsaturated/α-hetero) is 1. The predicted molar refractivity (Wildman–Crippen MR) is 150 cm³/mol. The summed E-state index contributed by atoms with van der Waals surface area (Å²) in [5.41, 5.74) is 2.27. The van der Waals surface area contributed by atoms with E-state index in [-0.39, 0.29) is 11.3 Å². The van der Waals surface area contributed by atoms with Crippen molar-refractivity contribution in [2.45, 2.75) is 19.1 Å². The van der Waals surface area contributed by atoms with Gasteiger partial charge in [-0.2, -0.15) is 0 Å². The molecule has 1 atom stereocenters. The Hall–Kier alpha value is -3.65. The maximum absolute atomic E-state index is 13.3. The first-order valence-corrected chi connectivity index (χ1v) is 13.5. The molecule has 7 nitrogen and oxygen atoms in total. The van der Waals surface area contributed by atoms with E-state index in [0.717, 1.165) is 25.2 Å². The first-order chi connectivity index (χ1) is 19.0. The van der Waals surface area contributed by atoms with Crippen LogP contribution in [0.1, 0.15) is 29.2 Å². The minimum Gasteiger partial charge on any atom is -0.507 e. The fourth-order valence-corrected chi connectivity index (χ4v) is 5.12. The zero-order valence-electron chi connectivity index (χ0n) is 21.6. The lowest BCUT2D eigenvalue weighted by Crippen LogP contribution is -2.38. The molecule has 0 bridgehead atoms. The molecule has 0 aromatic heterocycles. The molecule has 2 aliphatic heterocycles. The van der Waals surface area contributed by atoms with Gasteiger partial charge in [0.2, 0.25) is 0 Å². The summed E-state index contributed by atoms with van der Waals surface area (Å²) in [5, 5.41) is 11.9. The van der Waals surface area contributed by atoms with Gasteiger partial charge in [0.15, 0.2) is 0 Å². The van der Waals surface area contributed by atoms with Crippen LogP contribution >= 0.6 is 11.6 Å². The zero-order valence-corrected chi connectivity index (χ0v) is 22.3. The van der Waals surface area contributed by atoms with Crippen LogP contribution < -0.4 is 4.74 Å². The highest BCUT2D eigenvalue weighted by molar-refractivity contribution is 6.46. The molecule has 3 aromatic carbocycles. The van der Waals surface area contributed by atoms with Gasteiger partial charge < -0.3 is 19.5 Å². The fraction of sp³-hybridized carbons (Fsp3) is 0.290. The Balaban J connectivity index is 1.38. The van der Waals surface area contributed by atoms with Crippen molar-refractivity contribution in [3.05, 3.63) is 106 Å². The van der Waals surface area contributed by atoms with Crippen molar-refractivity contribution in [1.82, 2.24) is 9.80 Å². The number of benzene rings is 3. The summed E-state index contributed by atoms with van der Waals surface area (Å²) in [6.07, 6.45) is 0.699. The smallest absolute Gasteiger partial charge is 0.295 e. The van der Waals surface area contributed by atoms with Gasteiger partial charge in [0.25, 0.3) is 11.7 Å². The fourth-order valence-electron chi connectivity index (χ4n) is 5.00. The van der Waals surface area contributed by atoms with Crippen molar-refractivity contribution in [3.63, 3.8) is 0 Å². The van der Waals surface area contributed by atoms with Crippen molar-refractivity contribution in [2.75, 3.05) is 39.4 Å². The zero-order chi connectivity index (χ0) is 27.2. The Morgan fingerprint density at radius 3 is 2.31 bits per heavy atom. The molecule has 0 saturated carbocycles. The Labute approximate surface area is 233 Å². The number of amides is 1. The number of hydrogen-bond donors (Lipinski definition) is 1. The largest absolute Gasteiger partial charge is 0.507 e. The van der Waals surface area contributed by atoms with Gasteiger partial charge in [-0.05, 0) is 53.9 Å². The van der Waals surface area contributed by atoms with E-state index in [2.05, 4.69) is 4.90 Å². The number of ketones is 1. The molecule has 5 rings (SSSR count). The maximum atomic E-state index is 13.3. The van der Waals surface area contributed by atoms with Crippen molar-refractivity contribution in [2.24, 2.45) is 0 Å². The monoisotopic (exact) mass is 546 g/mol. The van der Waals surface area contributed by atoms with Crippen molar-refractivity contribution < 1.29 is 24.2 Å². The van der Waals surface area contributed by atoms with Crippen LogP contribution in [0.15, 0.2) is 84.4 Å². The number of morpholine rings is 1. The minimum atomic E-state index is -0.707. The lowest BCUT2D eigenvalue weighted by molar-refractivity contribution is -0.140. The van der Waals surface area contributed by atoms with Crippen LogP contribution in [0.4, 0.5) is 0 Å². The summed E-state index contributed by atoms with van der Waals surface area (Å²) in [7, 11) is 0. The number of carbonyl (C=O) groups is 2. The number of rotatable bonds is 9. The molecule has 0 spiro atoms. The van der Waals surface area contributed by atoms with Crippen LogP contribution in [-0.4, -0.2) is 66.0 Å². The topological polar surface area (TPSA) is 79.3 Å². The first-order valence-electron chi connectivity index (χ1n) is 13.1. The predicted octanol–water partition coefficient (Wildman–Crippen LogP) is 5.06. The highest BCUT2D eigenvalue weighted by Gasteiger charge is 2.45. The van der Waals surface area contributed by atoms with Gasteiger partial charge in [-0.1, -0.05) is 54.1 Å². The molecule has 1 N–H and O–H groups in total. The van der Waals surface area contributed by atoms with Gasteiger partial charge in [0, 0.05) is 36.8 Å². The summed E-state index contributed by atoms with van der Waals surface area (Å²) in [6, 6.07) is 23.0. The number of hydrogen-bond acceptors (Lipinski definition) is 6. The molecule has 39 heavy (non-hydrogen) atoms. The number of nitrogens with zero attached hydrogens (tertiary/aromatic N) is 2. The van der Waals surface area contributed by atoms with Crippen molar-refractivity contribution in [1.29, 1.82) is 0 Å². The highest BCUT2D eigenvalue weighted by atomic mass is 35.5. The molecule has 2 heterocycles. The average molecular weight is 547 g/mol. The molecule has 2 saturated heterocycles. The van der Waals surface area contributed by atoms with Crippen molar-refractivity contribution in [3.8, 4) is 5.75 Å². The average Bonchev–Trinajstić information content (AvgIpc) is 3.22. The maximum Gasteiger partial charge on any atom is 0.295 e. The van der Waals surface area contributed by atoms with Crippen molar-refractivity contribution >= 4 is 29.1 Å². The normalized spacial score (nSPS) is 19.4. The lowest BCUT2D eigenvalue weighted by atomic mass is 9.95. The second-order valence-corrected chi connectivity index (χ2v) is 10.1. The molecule has 2 fully saturated rings. The van der Waals surface area contributed by atoms with E-state index in [4.69, 9.17) is 21.1 Å². The van der Waals surface area contributed by atoms with E-state index in [1.54, 1.807) is 53.4 Å². The first kappa shape index (κ1) is 26.9. The summed E-state index contributed by atoms with van der Waals surface area (Å²) in [6.45, 7) is 4.70. The molecule has 2 aliphatic rings. The highest BCUT2D eigenvalue weighted by Crippen LogP contribution is 2.40. The summed E-state index contributed by atoms with van der Waals surface area (Å²) < 4.78 is 11.3. The SMILES string of the molecule is O=C1C(=O)N(CCCN2CCOCC2)C(c2ccc(Cl)cc2)/C1=C(\O)c1ccc(OCc2ccccc2)cc1. The van der Waals surface area contributed by atoms with Crippen LogP contribution in [-0.2, 0) is 20.9 Å². The summed E-state index contributed by atoms with van der Waals surface area (Å²) >= 11 is 6.12. The second kappa shape index (κ2) is 12.5. The number of halogens is 1. The molecule has 0 radical (unpaired) electrons. The van der Waals surface area contributed by atoms with E-state index in [1.807, 2.05) is 30.3 Å². The molecule has 1 amide bonds. The molecule has 0 aliphatic carbocycles. The van der Waals surface area contributed by atoms with Crippen LogP contribution in [0.3, 0.4) is 0 Å². The molecule has 3 aromatic rings. The van der Waals surface area contributed by atoms with Gasteiger partial charge in [0.05, 0.1) is 24.8 Å². The summed E-state index contributed by atoms with van der Waals surface area (Å²) in [5.74, 6) is -0.878. The standard InChI is InChI=1S/C31H31ClN2O5/c32-25-11-7-23(8-12-25)28-27(30(36)31(37)34(28)16-4-15-33-17-19-38-20-18-33)29(35)24-9-13-26(14-10-24)39-21-22-5-2-1-3-6-22/h1-3,5-14,28,35H,4,15-21H2/b29-27+. The third kappa shape index (κ3) is 6.33. The molecular weight excluding hydrogens is 516 g/mol. The Kier molecular flexibility index (Phi) is 8.61. The Bertz CT molecular complexity index is 1320. The van der Waals surface area contributed by atoms with E-state index in [9.17, 15) is 14.7 Å². The third-order valence-electron chi connectivity index (χ3n) is 7.08. The van der Waals surface area contributed by atoms with Crippen LogP contribution in [0.2, 0.25) is 5.02 Å². The number of carbonyl (C=O) groups excluding carboxylic acids is 2. The minimum absolute atomic E-state index is 0.0756. The van der Waals surface area contributed by atoms with E-state index >= 15 is 0 Å². The quantitative estimate of drug-likeness (QED) is 0.229. The third-order valence-corrected chi connectivity index (χ3v) is 7.33. The van der Waals surface area contributed by atoms with Gasteiger partial charge in [-0.25, -0.2) is 0 Å². The number of likely N-dealkylation sites (tertiary alicyclic amines) is 1. The van der Waals surface area contributed by atoms with Gasteiger partial charge in [-0.3, -0.25) is 14.5 Å². The molecular formula is C31H31ClN2O5. The number of aliphatic hydroxyl groups is 1. The van der Waals surface area contributed by atoms with Crippen LogP contribution in [0, 0.1) is 0 Å². The van der Waals surface area contributed by atoms with Gasteiger partial charge in [0.1, 0.15) is 18.1 Å². The lowest BCUT2D eigenvalue weighted by Gasteiger charge is -2.29. The van der Waals surface area contributed by atoms with Gasteiger partial charge >= 0.3 is 0 Å². The Morgan fingerprint density at radius 2 is 1.62 bits per heavy atom. The summed E-state index contributed by atoms with van der Waals surface area (Å²) in [4.78, 5) is 30.4. The number of ether oxygens (including phenoxy) is 2. The molecule has 8 heteroatoms. The van der Waals surface area contributed by atoms with Crippen LogP contribution in [0.5, 0.6) is 5.75 Å². The van der Waals surface area contributed by atoms with E-state index in [0.29, 0.717) is 54.7 Å². The van der Waals surface area contributed by atoms with E-state index < -0.39 is 17.7 Å². The number of aliphatic hydroxyl groups excluding tert-OH is 1.